The van der Waals surface area contributed by atoms with Crippen molar-refractivity contribution in [1.29, 1.82) is 0 Å². The van der Waals surface area contributed by atoms with E-state index in [2.05, 4.69) is 0 Å². The van der Waals surface area contributed by atoms with Crippen LogP contribution in [0.2, 0.25) is 0 Å². The van der Waals surface area contributed by atoms with Crippen LogP contribution in [0.5, 0.6) is 11.5 Å². The Kier molecular flexibility index (Phi) is 6.22. The molecule has 3 rings (SSSR count). The molecule has 0 fully saturated rings. The molecule has 0 saturated heterocycles. The molecule has 0 aliphatic carbocycles. The zero-order valence-corrected chi connectivity index (χ0v) is 20.2. The molecular formula is C28H30O6. The molecule has 0 unspecified atom stereocenters. The third-order valence-corrected chi connectivity index (χ3v) is 5.86. The topological polar surface area (TPSA) is 115 Å². The van der Waals surface area contributed by atoms with E-state index in [-0.39, 0.29) is 33.6 Å². The summed E-state index contributed by atoms with van der Waals surface area (Å²) < 4.78 is 0. The highest BCUT2D eigenvalue weighted by atomic mass is 16.4. The molecule has 178 valence electrons. The Balaban J connectivity index is 2.47. The average Bonchev–Trinajstić information content (AvgIpc) is 2.71. The highest BCUT2D eigenvalue weighted by molar-refractivity contribution is 6.09. The van der Waals surface area contributed by atoms with Crippen molar-refractivity contribution in [1.82, 2.24) is 0 Å². The van der Waals surface area contributed by atoms with Gasteiger partial charge >= 0.3 is 11.9 Å². The first-order valence-corrected chi connectivity index (χ1v) is 10.9. The SMILES string of the molecule is CC(C)(C)c1cc(-c2ccc(C(=O)O)c(C(=O)O)c2-c2ccc(O)c(C(C)(C)C)c2)ccc1O. The number of phenolic OH excluding ortho intramolecular Hbond substituents is 2. The van der Waals surface area contributed by atoms with Gasteiger partial charge in [0.25, 0.3) is 0 Å². The molecule has 0 bridgehead atoms. The molecule has 0 aromatic heterocycles. The number of carboxylic acids is 2. The fraction of sp³-hybridized carbons (Fsp3) is 0.286. The number of phenols is 2. The Morgan fingerprint density at radius 1 is 0.647 bits per heavy atom. The van der Waals surface area contributed by atoms with Crippen LogP contribution < -0.4 is 0 Å². The lowest BCUT2D eigenvalue weighted by molar-refractivity contribution is 0.0652. The number of benzene rings is 3. The zero-order valence-electron chi connectivity index (χ0n) is 20.2. The maximum absolute atomic E-state index is 12.4. The second-order valence-corrected chi connectivity index (χ2v) is 10.5. The highest BCUT2D eigenvalue weighted by Gasteiger charge is 2.27. The van der Waals surface area contributed by atoms with E-state index in [9.17, 15) is 30.0 Å². The fourth-order valence-corrected chi connectivity index (χ4v) is 4.14. The van der Waals surface area contributed by atoms with Gasteiger partial charge in [-0.05, 0) is 69.0 Å². The molecule has 3 aromatic carbocycles. The Morgan fingerprint density at radius 2 is 1.12 bits per heavy atom. The summed E-state index contributed by atoms with van der Waals surface area (Å²) in [6, 6.07) is 12.7. The number of carbonyl (C=O) groups is 2. The van der Waals surface area contributed by atoms with Crippen LogP contribution in [0.25, 0.3) is 22.3 Å². The standard InChI is InChI=1S/C28H30O6/c1-27(2,3)19-13-15(7-11-21(19)29)17-9-10-18(25(31)32)24(26(33)34)23(17)16-8-12-22(30)20(14-16)28(4,5)6/h7-14,29-30H,1-6H3,(H,31,32)(H,33,34). The smallest absolute Gasteiger partial charge is 0.337 e. The van der Waals surface area contributed by atoms with E-state index >= 15 is 0 Å². The summed E-state index contributed by atoms with van der Waals surface area (Å²) >= 11 is 0. The summed E-state index contributed by atoms with van der Waals surface area (Å²) in [6.45, 7) is 11.6. The fourth-order valence-electron chi connectivity index (χ4n) is 4.14. The van der Waals surface area contributed by atoms with Crippen molar-refractivity contribution in [3.63, 3.8) is 0 Å². The maximum Gasteiger partial charge on any atom is 0.337 e. The Hall–Kier alpha value is -3.80. The minimum atomic E-state index is -1.37. The molecule has 0 atom stereocenters. The summed E-state index contributed by atoms with van der Waals surface area (Å²) in [4.78, 5) is 24.3. The van der Waals surface area contributed by atoms with E-state index in [1.54, 1.807) is 36.4 Å². The lowest BCUT2D eigenvalue weighted by Crippen LogP contribution is -2.14. The van der Waals surface area contributed by atoms with E-state index < -0.39 is 17.4 Å². The summed E-state index contributed by atoms with van der Waals surface area (Å²) in [5, 5.41) is 40.7. The van der Waals surface area contributed by atoms with Crippen molar-refractivity contribution in [3.05, 3.63) is 70.8 Å². The predicted molar refractivity (Wildman–Crippen MR) is 132 cm³/mol. The van der Waals surface area contributed by atoms with Gasteiger partial charge in [0, 0.05) is 5.56 Å². The molecule has 0 aliphatic heterocycles. The maximum atomic E-state index is 12.4. The van der Waals surface area contributed by atoms with Gasteiger partial charge in [0.15, 0.2) is 0 Å². The minimum absolute atomic E-state index is 0.0729. The van der Waals surface area contributed by atoms with E-state index in [1.807, 2.05) is 41.5 Å². The van der Waals surface area contributed by atoms with Gasteiger partial charge in [0.05, 0.1) is 11.1 Å². The second-order valence-electron chi connectivity index (χ2n) is 10.5. The van der Waals surface area contributed by atoms with Gasteiger partial charge in [-0.25, -0.2) is 9.59 Å². The number of hydrogen-bond acceptors (Lipinski definition) is 4. The lowest BCUT2D eigenvalue weighted by Gasteiger charge is -2.24. The van der Waals surface area contributed by atoms with Crippen LogP contribution in [0.4, 0.5) is 0 Å². The average molecular weight is 463 g/mol. The number of carboxylic acid groups (broad SMARTS) is 2. The minimum Gasteiger partial charge on any atom is -0.508 e. The molecule has 0 saturated carbocycles. The molecule has 0 aliphatic rings. The van der Waals surface area contributed by atoms with Crippen molar-refractivity contribution >= 4 is 11.9 Å². The number of aromatic hydroxyl groups is 2. The largest absolute Gasteiger partial charge is 0.508 e. The second kappa shape index (κ2) is 8.52. The molecule has 4 N–H and O–H groups in total. The van der Waals surface area contributed by atoms with E-state index in [4.69, 9.17) is 0 Å². The summed E-state index contributed by atoms with van der Waals surface area (Å²) in [7, 11) is 0. The highest BCUT2D eigenvalue weighted by Crippen LogP contribution is 2.42. The molecule has 34 heavy (non-hydrogen) atoms. The van der Waals surface area contributed by atoms with Crippen LogP contribution in [-0.2, 0) is 10.8 Å². The first-order chi connectivity index (χ1) is 15.6. The van der Waals surface area contributed by atoms with Gasteiger partial charge in [0.1, 0.15) is 11.5 Å². The van der Waals surface area contributed by atoms with Crippen molar-refractivity contribution < 1.29 is 30.0 Å². The molecule has 6 heteroatoms. The molecule has 3 aromatic rings. The molecular weight excluding hydrogens is 432 g/mol. The van der Waals surface area contributed by atoms with Crippen LogP contribution in [0, 0.1) is 0 Å². The normalized spacial score (nSPS) is 11.9. The van der Waals surface area contributed by atoms with Crippen LogP contribution in [0.15, 0.2) is 48.5 Å². The molecule has 0 heterocycles. The lowest BCUT2D eigenvalue weighted by atomic mass is 9.81. The number of aromatic carboxylic acids is 2. The van der Waals surface area contributed by atoms with Crippen molar-refractivity contribution in [2.45, 2.75) is 52.4 Å². The summed E-state index contributed by atoms with van der Waals surface area (Å²) in [6.07, 6.45) is 0. The molecule has 0 spiro atoms. The van der Waals surface area contributed by atoms with Crippen molar-refractivity contribution in [2.24, 2.45) is 0 Å². The molecule has 0 radical (unpaired) electrons. The van der Waals surface area contributed by atoms with Gasteiger partial charge in [0.2, 0.25) is 0 Å². The predicted octanol–water partition coefficient (Wildman–Crippen LogP) is 6.42. The van der Waals surface area contributed by atoms with E-state index in [1.165, 1.54) is 12.1 Å². The zero-order chi connectivity index (χ0) is 25.6. The van der Waals surface area contributed by atoms with E-state index in [0.29, 0.717) is 27.8 Å². The van der Waals surface area contributed by atoms with Gasteiger partial charge in [-0.1, -0.05) is 59.7 Å². The third kappa shape index (κ3) is 4.62. The number of rotatable bonds is 4. The van der Waals surface area contributed by atoms with Crippen molar-refractivity contribution in [2.75, 3.05) is 0 Å². The Bertz CT molecular complexity index is 1290. The summed E-state index contributed by atoms with van der Waals surface area (Å²) in [5.41, 5.74) is 1.67. The molecule has 6 nitrogen and oxygen atoms in total. The van der Waals surface area contributed by atoms with E-state index in [0.717, 1.165) is 0 Å². The van der Waals surface area contributed by atoms with Crippen molar-refractivity contribution in [3.8, 4) is 33.8 Å². The first-order valence-electron chi connectivity index (χ1n) is 10.9. The van der Waals surface area contributed by atoms with Gasteiger partial charge in [-0.2, -0.15) is 0 Å². The van der Waals surface area contributed by atoms with Gasteiger partial charge in [-0.15, -0.1) is 0 Å². The van der Waals surface area contributed by atoms with Crippen LogP contribution >= 0.6 is 0 Å². The monoisotopic (exact) mass is 462 g/mol. The quantitative estimate of drug-likeness (QED) is 0.355. The Morgan fingerprint density at radius 3 is 1.56 bits per heavy atom. The van der Waals surface area contributed by atoms with Crippen LogP contribution in [0.3, 0.4) is 0 Å². The molecule has 0 amide bonds. The third-order valence-electron chi connectivity index (χ3n) is 5.86. The Labute approximate surface area is 199 Å². The van der Waals surface area contributed by atoms with Crippen LogP contribution in [0.1, 0.15) is 73.4 Å². The van der Waals surface area contributed by atoms with Gasteiger partial charge in [-0.3, -0.25) is 0 Å². The summed E-state index contributed by atoms with van der Waals surface area (Å²) in [5.74, 6) is -2.52. The van der Waals surface area contributed by atoms with Crippen LogP contribution in [-0.4, -0.2) is 32.4 Å². The number of hydrogen-bond donors (Lipinski definition) is 4. The van der Waals surface area contributed by atoms with Gasteiger partial charge < -0.3 is 20.4 Å². The first kappa shape index (κ1) is 24.8.